The van der Waals surface area contributed by atoms with Crippen molar-refractivity contribution >= 4 is 17.8 Å². The second-order valence-electron chi connectivity index (χ2n) is 7.39. The number of fused-ring (bicyclic) bond motifs is 1. The fourth-order valence-electron chi connectivity index (χ4n) is 3.99. The molecule has 1 aromatic carbocycles. The highest BCUT2D eigenvalue weighted by molar-refractivity contribution is 6.03. The first-order chi connectivity index (χ1) is 14.0. The van der Waals surface area contributed by atoms with E-state index in [1.54, 1.807) is 22.9 Å². The summed E-state index contributed by atoms with van der Waals surface area (Å²) < 4.78 is 7.27. The van der Waals surface area contributed by atoms with E-state index in [9.17, 15) is 9.59 Å². The lowest BCUT2D eigenvalue weighted by atomic mass is 9.85. The van der Waals surface area contributed by atoms with Gasteiger partial charge in [-0.05, 0) is 37.5 Å². The van der Waals surface area contributed by atoms with Crippen LogP contribution < -0.4 is 16.0 Å². The number of hydrogen-bond donors (Lipinski definition) is 4. The molecule has 2 aliphatic rings. The summed E-state index contributed by atoms with van der Waals surface area (Å²) in [7, 11) is 0. The SMILES string of the molecule is Cc1cc(NC(=O)c2ccc([C@@H]3NC(=O)N[C@H]4OCCC[C@H]43)cc2)n(CCO)n1. The van der Waals surface area contributed by atoms with Crippen LogP contribution in [0, 0.1) is 12.8 Å². The van der Waals surface area contributed by atoms with E-state index in [0.29, 0.717) is 24.5 Å². The molecule has 3 atom stereocenters. The summed E-state index contributed by atoms with van der Waals surface area (Å²) in [4.78, 5) is 24.6. The Morgan fingerprint density at radius 3 is 2.90 bits per heavy atom. The minimum Gasteiger partial charge on any atom is -0.394 e. The van der Waals surface area contributed by atoms with Gasteiger partial charge in [-0.2, -0.15) is 5.10 Å². The zero-order valence-electron chi connectivity index (χ0n) is 16.2. The maximum atomic E-state index is 12.6. The molecule has 9 heteroatoms. The number of nitrogens with one attached hydrogen (secondary N) is 3. The zero-order chi connectivity index (χ0) is 20.4. The van der Waals surface area contributed by atoms with Crippen LogP contribution in [0.15, 0.2) is 30.3 Å². The topological polar surface area (TPSA) is 118 Å². The number of nitrogens with zero attached hydrogens (tertiary/aromatic N) is 2. The van der Waals surface area contributed by atoms with Gasteiger partial charge in [0.15, 0.2) is 0 Å². The van der Waals surface area contributed by atoms with Crippen molar-refractivity contribution in [3.05, 3.63) is 47.2 Å². The van der Waals surface area contributed by atoms with Crippen LogP contribution in [-0.4, -0.2) is 46.3 Å². The third-order valence-electron chi connectivity index (χ3n) is 5.34. The smallest absolute Gasteiger partial charge is 0.317 e. The number of anilines is 1. The Morgan fingerprint density at radius 2 is 2.14 bits per heavy atom. The summed E-state index contributed by atoms with van der Waals surface area (Å²) >= 11 is 0. The number of carbonyl (C=O) groups is 2. The van der Waals surface area contributed by atoms with Crippen molar-refractivity contribution in [3.8, 4) is 0 Å². The highest BCUT2D eigenvalue weighted by Gasteiger charge is 2.39. The summed E-state index contributed by atoms with van der Waals surface area (Å²) in [5, 5.41) is 22.0. The maximum Gasteiger partial charge on any atom is 0.317 e. The predicted molar refractivity (Wildman–Crippen MR) is 105 cm³/mol. The average molecular weight is 399 g/mol. The average Bonchev–Trinajstić information content (AvgIpc) is 3.06. The molecule has 0 bridgehead atoms. The number of aromatic nitrogens is 2. The minimum atomic E-state index is -0.277. The first-order valence-corrected chi connectivity index (χ1v) is 9.80. The third kappa shape index (κ3) is 4.10. The number of urea groups is 1. The lowest BCUT2D eigenvalue weighted by molar-refractivity contribution is -0.0602. The van der Waals surface area contributed by atoms with Gasteiger partial charge in [0.1, 0.15) is 12.0 Å². The van der Waals surface area contributed by atoms with Crippen LogP contribution in [0.4, 0.5) is 10.6 Å². The standard InChI is InChI=1S/C20H25N5O4/c1-12-11-16(25(24-12)8-9-26)21-18(27)14-6-4-13(5-7-14)17-15-3-2-10-29-19(15)23-20(28)22-17/h4-7,11,15,17,19,26H,2-3,8-10H2,1H3,(H,21,27)(H2,22,23,28)/t15-,17-,19-/m0/s1. The molecular weight excluding hydrogens is 374 g/mol. The molecular formula is C20H25N5O4. The van der Waals surface area contributed by atoms with Gasteiger partial charge < -0.3 is 25.8 Å². The molecule has 0 saturated carbocycles. The molecule has 0 aliphatic carbocycles. The number of hydrogen-bond acceptors (Lipinski definition) is 5. The van der Waals surface area contributed by atoms with Crippen molar-refractivity contribution in [1.29, 1.82) is 0 Å². The molecule has 154 valence electrons. The van der Waals surface area contributed by atoms with Gasteiger partial charge in [0, 0.05) is 24.2 Å². The van der Waals surface area contributed by atoms with E-state index < -0.39 is 0 Å². The Hall–Kier alpha value is -2.91. The van der Waals surface area contributed by atoms with E-state index in [1.807, 2.05) is 19.1 Å². The van der Waals surface area contributed by atoms with E-state index in [1.165, 1.54) is 0 Å². The van der Waals surface area contributed by atoms with Crippen molar-refractivity contribution in [2.45, 2.75) is 38.6 Å². The molecule has 0 unspecified atom stereocenters. The van der Waals surface area contributed by atoms with Gasteiger partial charge in [0.2, 0.25) is 0 Å². The molecule has 1 aromatic heterocycles. The Balaban J connectivity index is 1.48. The molecule has 2 saturated heterocycles. The van der Waals surface area contributed by atoms with Crippen LogP contribution in [0.5, 0.6) is 0 Å². The highest BCUT2D eigenvalue weighted by atomic mass is 16.5. The molecule has 9 nitrogen and oxygen atoms in total. The molecule has 2 fully saturated rings. The van der Waals surface area contributed by atoms with Crippen LogP contribution in [0.3, 0.4) is 0 Å². The summed E-state index contributed by atoms with van der Waals surface area (Å²) in [6.45, 7) is 2.72. The second kappa shape index (κ2) is 8.22. The lowest BCUT2D eigenvalue weighted by Gasteiger charge is -2.41. The largest absolute Gasteiger partial charge is 0.394 e. The van der Waals surface area contributed by atoms with Crippen LogP contribution in [0.25, 0.3) is 0 Å². The quantitative estimate of drug-likeness (QED) is 0.608. The summed E-state index contributed by atoms with van der Waals surface area (Å²) in [6, 6.07) is 8.59. The van der Waals surface area contributed by atoms with E-state index in [4.69, 9.17) is 9.84 Å². The lowest BCUT2D eigenvalue weighted by Crippen LogP contribution is -2.58. The van der Waals surface area contributed by atoms with Gasteiger partial charge in [-0.3, -0.25) is 4.79 Å². The molecule has 2 aromatic rings. The number of aliphatic hydroxyl groups is 1. The summed E-state index contributed by atoms with van der Waals surface area (Å²) in [5.74, 6) is 0.430. The van der Waals surface area contributed by atoms with Crippen molar-refractivity contribution in [1.82, 2.24) is 20.4 Å². The molecule has 4 rings (SSSR count). The number of carbonyl (C=O) groups excluding carboxylic acids is 2. The van der Waals surface area contributed by atoms with Gasteiger partial charge in [0.25, 0.3) is 5.91 Å². The maximum absolute atomic E-state index is 12.6. The fraction of sp³-hybridized carbons (Fsp3) is 0.450. The monoisotopic (exact) mass is 399 g/mol. The normalized spacial score (nSPS) is 23.7. The Bertz CT molecular complexity index is 895. The molecule has 4 N–H and O–H groups in total. The number of benzene rings is 1. The third-order valence-corrected chi connectivity index (χ3v) is 5.34. The Labute approximate surface area is 168 Å². The molecule has 3 heterocycles. The summed E-state index contributed by atoms with van der Waals surface area (Å²) in [6.07, 6.45) is 1.64. The van der Waals surface area contributed by atoms with Gasteiger partial charge in [-0.1, -0.05) is 12.1 Å². The number of aryl methyl sites for hydroxylation is 1. The van der Waals surface area contributed by atoms with E-state index >= 15 is 0 Å². The van der Waals surface area contributed by atoms with Crippen molar-refractivity contribution in [2.24, 2.45) is 5.92 Å². The van der Waals surface area contributed by atoms with E-state index in [-0.39, 0.29) is 36.7 Å². The van der Waals surface area contributed by atoms with Crippen molar-refractivity contribution < 1.29 is 19.4 Å². The van der Waals surface area contributed by atoms with Gasteiger partial charge >= 0.3 is 6.03 Å². The Morgan fingerprint density at radius 1 is 1.34 bits per heavy atom. The van der Waals surface area contributed by atoms with Gasteiger partial charge in [-0.25, -0.2) is 9.48 Å². The molecule has 0 spiro atoms. The molecule has 2 aliphatic heterocycles. The van der Waals surface area contributed by atoms with E-state index in [2.05, 4.69) is 21.0 Å². The zero-order valence-corrected chi connectivity index (χ0v) is 16.2. The van der Waals surface area contributed by atoms with Crippen LogP contribution in [0.1, 0.15) is 40.5 Å². The number of aliphatic hydroxyl groups excluding tert-OH is 1. The fourth-order valence-corrected chi connectivity index (χ4v) is 3.99. The first-order valence-electron chi connectivity index (χ1n) is 9.80. The molecule has 29 heavy (non-hydrogen) atoms. The number of ether oxygens (including phenoxy) is 1. The van der Waals surface area contributed by atoms with Crippen LogP contribution in [0.2, 0.25) is 0 Å². The molecule has 3 amide bonds. The molecule has 0 radical (unpaired) electrons. The second-order valence-corrected chi connectivity index (χ2v) is 7.39. The van der Waals surface area contributed by atoms with Crippen molar-refractivity contribution in [2.75, 3.05) is 18.5 Å². The number of amides is 3. The van der Waals surface area contributed by atoms with E-state index in [0.717, 1.165) is 24.1 Å². The van der Waals surface area contributed by atoms with Gasteiger partial charge in [0.05, 0.1) is 24.9 Å². The van der Waals surface area contributed by atoms with Gasteiger partial charge in [-0.15, -0.1) is 0 Å². The summed E-state index contributed by atoms with van der Waals surface area (Å²) in [5.41, 5.74) is 2.20. The van der Waals surface area contributed by atoms with Crippen molar-refractivity contribution in [3.63, 3.8) is 0 Å². The predicted octanol–water partition coefficient (Wildman–Crippen LogP) is 1.54. The Kier molecular flexibility index (Phi) is 5.50. The van der Waals surface area contributed by atoms with Crippen LogP contribution in [-0.2, 0) is 11.3 Å². The number of rotatable bonds is 5. The first kappa shape index (κ1) is 19.4. The van der Waals surface area contributed by atoms with Crippen LogP contribution >= 0.6 is 0 Å². The highest BCUT2D eigenvalue weighted by Crippen LogP contribution is 2.34. The minimum absolute atomic E-state index is 0.0630.